The number of benzene rings is 1. The van der Waals surface area contributed by atoms with Gasteiger partial charge in [0.2, 0.25) is 0 Å². The van der Waals surface area contributed by atoms with E-state index in [9.17, 15) is 0 Å². The summed E-state index contributed by atoms with van der Waals surface area (Å²) >= 11 is 0. The lowest BCUT2D eigenvalue weighted by molar-refractivity contribution is 0.234. The Bertz CT molecular complexity index is 335. The standard InChI is InChI=1S/C14H22N2/c1-2-5-14(15)11-16-9-8-12-6-3-4-7-13(12)10-16/h3-4,6-7,14H,2,5,8-11,15H2,1H3. The Hall–Kier alpha value is -0.860. The van der Waals surface area contributed by atoms with Crippen molar-refractivity contribution in [3.05, 3.63) is 35.4 Å². The fourth-order valence-corrected chi connectivity index (χ4v) is 2.50. The number of fused-ring (bicyclic) bond motifs is 1. The lowest BCUT2D eigenvalue weighted by atomic mass is 9.99. The van der Waals surface area contributed by atoms with E-state index < -0.39 is 0 Å². The van der Waals surface area contributed by atoms with Gasteiger partial charge in [0.25, 0.3) is 0 Å². The molecule has 88 valence electrons. The van der Waals surface area contributed by atoms with Crippen molar-refractivity contribution in [2.24, 2.45) is 5.73 Å². The Morgan fingerprint density at radius 3 is 2.81 bits per heavy atom. The van der Waals surface area contributed by atoms with Gasteiger partial charge in [-0.2, -0.15) is 0 Å². The van der Waals surface area contributed by atoms with E-state index in [4.69, 9.17) is 5.73 Å². The fourth-order valence-electron chi connectivity index (χ4n) is 2.50. The number of rotatable bonds is 4. The van der Waals surface area contributed by atoms with E-state index in [1.807, 2.05) is 0 Å². The lowest BCUT2D eigenvalue weighted by Gasteiger charge is -2.30. The predicted octanol–water partition coefficient (Wildman–Crippen LogP) is 2.17. The van der Waals surface area contributed by atoms with Crippen LogP contribution in [0.5, 0.6) is 0 Å². The van der Waals surface area contributed by atoms with Crippen LogP contribution in [0.25, 0.3) is 0 Å². The highest BCUT2D eigenvalue weighted by atomic mass is 15.1. The molecule has 0 saturated heterocycles. The van der Waals surface area contributed by atoms with Gasteiger partial charge in [0, 0.05) is 25.7 Å². The van der Waals surface area contributed by atoms with Crippen LogP contribution in [0.3, 0.4) is 0 Å². The van der Waals surface area contributed by atoms with Gasteiger partial charge in [0.05, 0.1) is 0 Å². The van der Waals surface area contributed by atoms with Gasteiger partial charge in [-0.15, -0.1) is 0 Å². The van der Waals surface area contributed by atoms with E-state index in [1.165, 1.54) is 24.0 Å². The summed E-state index contributed by atoms with van der Waals surface area (Å²) in [5.74, 6) is 0. The van der Waals surface area contributed by atoms with E-state index in [1.54, 1.807) is 0 Å². The number of nitrogens with two attached hydrogens (primary N) is 1. The maximum atomic E-state index is 6.09. The van der Waals surface area contributed by atoms with E-state index in [0.29, 0.717) is 6.04 Å². The smallest absolute Gasteiger partial charge is 0.0237 e. The zero-order valence-electron chi connectivity index (χ0n) is 10.2. The Morgan fingerprint density at radius 2 is 2.06 bits per heavy atom. The van der Waals surface area contributed by atoms with Crippen LogP contribution in [0, 0.1) is 0 Å². The number of hydrogen-bond donors (Lipinski definition) is 1. The Balaban J connectivity index is 1.92. The minimum absolute atomic E-state index is 0.343. The van der Waals surface area contributed by atoms with Crippen LogP contribution in [-0.2, 0) is 13.0 Å². The third-order valence-corrected chi connectivity index (χ3v) is 3.36. The summed E-state index contributed by atoms with van der Waals surface area (Å²) in [4.78, 5) is 2.49. The molecule has 16 heavy (non-hydrogen) atoms. The molecule has 1 aliphatic heterocycles. The fraction of sp³-hybridized carbons (Fsp3) is 0.571. The van der Waals surface area contributed by atoms with Gasteiger partial charge in [0.1, 0.15) is 0 Å². The van der Waals surface area contributed by atoms with Crippen LogP contribution in [0.1, 0.15) is 30.9 Å². The zero-order valence-corrected chi connectivity index (χ0v) is 10.2. The Labute approximate surface area is 98.4 Å². The summed E-state index contributed by atoms with van der Waals surface area (Å²) in [5.41, 5.74) is 9.09. The third kappa shape index (κ3) is 2.83. The van der Waals surface area contributed by atoms with E-state index in [-0.39, 0.29) is 0 Å². The van der Waals surface area contributed by atoms with Gasteiger partial charge in [-0.3, -0.25) is 4.90 Å². The lowest BCUT2D eigenvalue weighted by Crippen LogP contribution is -2.40. The molecule has 0 aromatic heterocycles. The Morgan fingerprint density at radius 1 is 1.31 bits per heavy atom. The highest BCUT2D eigenvalue weighted by Crippen LogP contribution is 2.18. The molecule has 0 bridgehead atoms. The van der Waals surface area contributed by atoms with Gasteiger partial charge in [0.15, 0.2) is 0 Å². The molecule has 1 aromatic rings. The molecule has 1 aromatic carbocycles. The maximum Gasteiger partial charge on any atom is 0.0237 e. The molecule has 0 amide bonds. The molecular formula is C14H22N2. The quantitative estimate of drug-likeness (QED) is 0.839. The molecule has 2 heteroatoms. The summed E-state index contributed by atoms with van der Waals surface area (Å²) in [6.45, 7) is 5.48. The normalized spacial score (nSPS) is 18.1. The summed E-state index contributed by atoms with van der Waals surface area (Å²) < 4.78 is 0. The molecular weight excluding hydrogens is 196 g/mol. The first-order chi connectivity index (χ1) is 7.79. The first kappa shape index (κ1) is 11.6. The molecule has 1 unspecified atom stereocenters. The second-order valence-electron chi connectivity index (χ2n) is 4.80. The van der Waals surface area contributed by atoms with Gasteiger partial charge in [-0.1, -0.05) is 37.6 Å². The van der Waals surface area contributed by atoms with Crippen molar-refractivity contribution < 1.29 is 0 Å². The van der Waals surface area contributed by atoms with Crippen LogP contribution in [-0.4, -0.2) is 24.0 Å². The van der Waals surface area contributed by atoms with Gasteiger partial charge >= 0.3 is 0 Å². The van der Waals surface area contributed by atoms with Gasteiger partial charge in [-0.05, 0) is 24.0 Å². The average molecular weight is 218 g/mol. The number of nitrogens with zero attached hydrogens (tertiary/aromatic N) is 1. The van der Waals surface area contributed by atoms with Crippen molar-refractivity contribution in [3.63, 3.8) is 0 Å². The summed E-state index contributed by atoms with van der Waals surface area (Å²) in [6, 6.07) is 9.10. The van der Waals surface area contributed by atoms with Crippen molar-refractivity contribution >= 4 is 0 Å². The van der Waals surface area contributed by atoms with Crippen LogP contribution in [0.4, 0.5) is 0 Å². The van der Waals surface area contributed by atoms with Gasteiger partial charge < -0.3 is 5.73 Å². The summed E-state index contributed by atoms with van der Waals surface area (Å²) in [6.07, 6.45) is 3.50. The van der Waals surface area contributed by atoms with Crippen LogP contribution < -0.4 is 5.73 Å². The largest absolute Gasteiger partial charge is 0.327 e. The topological polar surface area (TPSA) is 29.3 Å². The average Bonchev–Trinajstić information content (AvgIpc) is 2.29. The molecule has 2 N–H and O–H groups in total. The SMILES string of the molecule is CCCC(N)CN1CCc2ccccc2C1. The second kappa shape index (κ2) is 5.46. The second-order valence-corrected chi connectivity index (χ2v) is 4.80. The minimum atomic E-state index is 0.343. The molecule has 1 heterocycles. The Kier molecular flexibility index (Phi) is 3.97. The highest BCUT2D eigenvalue weighted by Gasteiger charge is 2.17. The molecule has 0 aliphatic carbocycles. The van der Waals surface area contributed by atoms with Crippen LogP contribution in [0.2, 0.25) is 0 Å². The molecule has 2 rings (SSSR count). The zero-order chi connectivity index (χ0) is 11.4. The molecule has 0 fully saturated rings. The van der Waals surface area contributed by atoms with E-state index in [2.05, 4.69) is 36.1 Å². The molecule has 2 nitrogen and oxygen atoms in total. The van der Waals surface area contributed by atoms with Crippen LogP contribution >= 0.6 is 0 Å². The van der Waals surface area contributed by atoms with Crippen molar-refractivity contribution in [3.8, 4) is 0 Å². The highest BCUT2D eigenvalue weighted by molar-refractivity contribution is 5.29. The summed E-state index contributed by atoms with van der Waals surface area (Å²) in [7, 11) is 0. The monoisotopic (exact) mass is 218 g/mol. The van der Waals surface area contributed by atoms with Crippen molar-refractivity contribution in [2.45, 2.75) is 38.8 Å². The minimum Gasteiger partial charge on any atom is -0.327 e. The molecule has 0 radical (unpaired) electrons. The van der Waals surface area contributed by atoms with Crippen molar-refractivity contribution in [1.82, 2.24) is 4.90 Å². The molecule has 1 aliphatic rings. The van der Waals surface area contributed by atoms with Gasteiger partial charge in [-0.25, -0.2) is 0 Å². The molecule has 1 atom stereocenters. The van der Waals surface area contributed by atoms with Crippen molar-refractivity contribution in [1.29, 1.82) is 0 Å². The first-order valence-electron chi connectivity index (χ1n) is 6.34. The predicted molar refractivity (Wildman–Crippen MR) is 68.3 cm³/mol. The first-order valence-corrected chi connectivity index (χ1v) is 6.34. The van der Waals surface area contributed by atoms with Crippen LogP contribution in [0.15, 0.2) is 24.3 Å². The van der Waals surface area contributed by atoms with Crippen molar-refractivity contribution in [2.75, 3.05) is 13.1 Å². The molecule has 0 saturated carbocycles. The van der Waals surface area contributed by atoms with E-state index >= 15 is 0 Å². The molecule has 0 spiro atoms. The third-order valence-electron chi connectivity index (χ3n) is 3.36. The number of hydrogen-bond acceptors (Lipinski definition) is 2. The summed E-state index contributed by atoms with van der Waals surface area (Å²) in [5, 5.41) is 0. The maximum absolute atomic E-state index is 6.09. The van der Waals surface area contributed by atoms with E-state index in [0.717, 1.165) is 26.1 Å².